The van der Waals surface area contributed by atoms with Crippen LogP contribution in [0.1, 0.15) is 41.8 Å². The number of carbonyl (C=O) groups excluding carboxylic acids is 1. The summed E-state index contributed by atoms with van der Waals surface area (Å²) in [5.74, 6) is 1.81. The summed E-state index contributed by atoms with van der Waals surface area (Å²) in [4.78, 5) is 14.7. The van der Waals surface area contributed by atoms with Gasteiger partial charge in [-0.05, 0) is 68.5 Å². The molecule has 1 amide bonds. The number of nitrogens with zero attached hydrogens (tertiary/aromatic N) is 1. The van der Waals surface area contributed by atoms with Crippen LogP contribution in [0.5, 0.6) is 5.75 Å². The van der Waals surface area contributed by atoms with Crippen LogP contribution in [0, 0.1) is 0 Å². The quantitative estimate of drug-likeness (QED) is 0.721. The van der Waals surface area contributed by atoms with Gasteiger partial charge in [-0.15, -0.1) is 0 Å². The van der Waals surface area contributed by atoms with E-state index in [9.17, 15) is 4.79 Å². The standard InChI is InChI=1S/C22H25NO2/c1-3-17(2)25-20-11-12-21-19(16-20)13-15-23(22(21)24)14-7-10-18-8-5-4-6-9-18/h3-6,8-9,11-12,16H,7,10,13-15H2,1-2H3. The number of hydrogen-bond donors (Lipinski definition) is 0. The number of hydrogen-bond acceptors (Lipinski definition) is 2. The third kappa shape index (κ3) is 4.30. The molecule has 25 heavy (non-hydrogen) atoms. The molecule has 0 atom stereocenters. The van der Waals surface area contributed by atoms with Crippen molar-refractivity contribution in [2.24, 2.45) is 0 Å². The van der Waals surface area contributed by atoms with Gasteiger partial charge in [0.25, 0.3) is 5.91 Å². The van der Waals surface area contributed by atoms with Gasteiger partial charge in [0.1, 0.15) is 5.75 Å². The molecule has 3 heteroatoms. The van der Waals surface area contributed by atoms with Gasteiger partial charge in [0.15, 0.2) is 0 Å². The molecule has 0 N–H and O–H groups in total. The molecule has 0 aromatic heterocycles. The molecule has 0 spiro atoms. The lowest BCUT2D eigenvalue weighted by Crippen LogP contribution is -2.38. The third-order valence-electron chi connectivity index (χ3n) is 4.67. The molecule has 0 aliphatic carbocycles. The predicted octanol–water partition coefficient (Wildman–Crippen LogP) is 4.62. The van der Waals surface area contributed by atoms with Gasteiger partial charge in [0, 0.05) is 18.7 Å². The van der Waals surface area contributed by atoms with Crippen molar-refractivity contribution in [2.45, 2.75) is 33.1 Å². The Morgan fingerprint density at radius 2 is 2.00 bits per heavy atom. The number of fused-ring (bicyclic) bond motifs is 1. The Bertz CT molecular complexity index is 765. The molecule has 2 aromatic carbocycles. The normalized spacial score (nSPS) is 14.4. The van der Waals surface area contributed by atoms with Crippen molar-refractivity contribution in [1.82, 2.24) is 4.90 Å². The highest BCUT2D eigenvalue weighted by Gasteiger charge is 2.24. The zero-order valence-corrected chi connectivity index (χ0v) is 15.0. The fourth-order valence-corrected chi connectivity index (χ4v) is 3.15. The number of ether oxygens (including phenoxy) is 1. The van der Waals surface area contributed by atoms with Crippen LogP contribution in [0.2, 0.25) is 0 Å². The van der Waals surface area contributed by atoms with Gasteiger partial charge in [-0.25, -0.2) is 0 Å². The fraction of sp³-hybridized carbons (Fsp3) is 0.318. The monoisotopic (exact) mass is 335 g/mol. The Hall–Kier alpha value is -2.55. The van der Waals surface area contributed by atoms with Crippen LogP contribution in [0.25, 0.3) is 0 Å². The van der Waals surface area contributed by atoms with Gasteiger partial charge in [-0.1, -0.05) is 30.3 Å². The van der Waals surface area contributed by atoms with Gasteiger partial charge < -0.3 is 9.64 Å². The molecule has 3 nitrogen and oxygen atoms in total. The molecule has 0 radical (unpaired) electrons. The Morgan fingerprint density at radius 1 is 1.20 bits per heavy atom. The third-order valence-corrected chi connectivity index (χ3v) is 4.67. The zero-order valence-electron chi connectivity index (χ0n) is 15.0. The van der Waals surface area contributed by atoms with E-state index in [1.54, 1.807) is 0 Å². The Labute approximate surface area is 149 Å². The second kappa shape index (κ2) is 8.02. The molecule has 1 aliphatic rings. The van der Waals surface area contributed by atoms with Gasteiger partial charge in [-0.2, -0.15) is 0 Å². The molecule has 0 unspecified atom stereocenters. The SMILES string of the molecule is CC=C(C)Oc1ccc2c(c1)CCN(CCCc1ccccc1)C2=O. The molecule has 0 bridgehead atoms. The van der Waals surface area contributed by atoms with Crippen molar-refractivity contribution in [3.8, 4) is 5.75 Å². The molecule has 130 valence electrons. The first-order valence-electron chi connectivity index (χ1n) is 8.94. The van der Waals surface area contributed by atoms with E-state index in [-0.39, 0.29) is 5.91 Å². The summed E-state index contributed by atoms with van der Waals surface area (Å²) in [5.41, 5.74) is 3.23. The second-order valence-corrected chi connectivity index (χ2v) is 6.45. The van der Waals surface area contributed by atoms with E-state index in [1.165, 1.54) is 5.56 Å². The maximum Gasteiger partial charge on any atom is 0.254 e. The van der Waals surface area contributed by atoms with E-state index in [0.29, 0.717) is 0 Å². The summed E-state index contributed by atoms with van der Waals surface area (Å²) >= 11 is 0. The van der Waals surface area contributed by atoms with Crippen LogP contribution >= 0.6 is 0 Å². The molecular formula is C22H25NO2. The van der Waals surface area contributed by atoms with Crippen LogP contribution in [-0.4, -0.2) is 23.9 Å². The van der Waals surface area contributed by atoms with Crippen molar-refractivity contribution in [3.63, 3.8) is 0 Å². The summed E-state index contributed by atoms with van der Waals surface area (Å²) in [5, 5.41) is 0. The first-order valence-corrected chi connectivity index (χ1v) is 8.94. The van der Waals surface area contributed by atoms with E-state index in [0.717, 1.165) is 55.0 Å². The van der Waals surface area contributed by atoms with Gasteiger partial charge >= 0.3 is 0 Å². The highest BCUT2D eigenvalue weighted by Crippen LogP contribution is 2.25. The summed E-state index contributed by atoms with van der Waals surface area (Å²) in [6, 6.07) is 16.2. The summed E-state index contributed by atoms with van der Waals surface area (Å²) in [7, 11) is 0. The smallest absolute Gasteiger partial charge is 0.254 e. The maximum atomic E-state index is 12.7. The van der Waals surface area contributed by atoms with Gasteiger partial charge in [0.05, 0.1) is 5.76 Å². The van der Waals surface area contributed by atoms with Crippen LogP contribution in [-0.2, 0) is 12.8 Å². The molecule has 0 fully saturated rings. The zero-order chi connectivity index (χ0) is 17.6. The van der Waals surface area contributed by atoms with Crippen molar-refractivity contribution in [3.05, 3.63) is 77.1 Å². The Morgan fingerprint density at radius 3 is 2.76 bits per heavy atom. The Kier molecular flexibility index (Phi) is 5.54. The van der Waals surface area contributed by atoms with Crippen molar-refractivity contribution < 1.29 is 9.53 Å². The van der Waals surface area contributed by atoms with E-state index >= 15 is 0 Å². The summed E-state index contributed by atoms with van der Waals surface area (Å²) < 4.78 is 5.74. The van der Waals surface area contributed by atoms with Crippen molar-refractivity contribution in [2.75, 3.05) is 13.1 Å². The molecule has 3 rings (SSSR count). The number of rotatable bonds is 6. The summed E-state index contributed by atoms with van der Waals surface area (Å²) in [6.45, 7) is 5.47. The second-order valence-electron chi connectivity index (χ2n) is 6.45. The van der Waals surface area contributed by atoms with E-state index in [4.69, 9.17) is 4.74 Å². The van der Waals surface area contributed by atoms with E-state index in [2.05, 4.69) is 24.3 Å². The number of carbonyl (C=O) groups is 1. The molecule has 0 saturated heterocycles. The summed E-state index contributed by atoms with van der Waals surface area (Å²) in [6.07, 6.45) is 4.82. The number of amides is 1. The van der Waals surface area contributed by atoms with Crippen LogP contribution in [0.3, 0.4) is 0 Å². The van der Waals surface area contributed by atoms with Crippen LogP contribution in [0.4, 0.5) is 0 Å². The largest absolute Gasteiger partial charge is 0.462 e. The topological polar surface area (TPSA) is 29.5 Å². The first kappa shape index (κ1) is 17.3. The molecule has 0 saturated carbocycles. The lowest BCUT2D eigenvalue weighted by Gasteiger charge is -2.29. The minimum atomic E-state index is 0.142. The molecule has 2 aromatic rings. The van der Waals surface area contributed by atoms with E-state index in [1.807, 2.05) is 49.1 Å². The first-order chi connectivity index (χ1) is 12.2. The minimum Gasteiger partial charge on any atom is -0.462 e. The number of aryl methyl sites for hydroxylation is 1. The number of allylic oxidation sites excluding steroid dienone is 2. The van der Waals surface area contributed by atoms with E-state index < -0.39 is 0 Å². The van der Waals surface area contributed by atoms with Crippen LogP contribution < -0.4 is 4.74 Å². The maximum absolute atomic E-state index is 12.7. The fourth-order valence-electron chi connectivity index (χ4n) is 3.15. The highest BCUT2D eigenvalue weighted by atomic mass is 16.5. The highest BCUT2D eigenvalue weighted by molar-refractivity contribution is 5.96. The average Bonchev–Trinajstić information content (AvgIpc) is 2.64. The number of benzene rings is 2. The minimum absolute atomic E-state index is 0.142. The molecular weight excluding hydrogens is 310 g/mol. The lowest BCUT2D eigenvalue weighted by molar-refractivity contribution is 0.0738. The Balaban J connectivity index is 1.61. The van der Waals surface area contributed by atoms with Gasteiger partial charge in [-0.3, -0.25) is 4.79 Å². The van der Waals surface area contributed by atoms with Crippen molar-refractivity contribution in [1.29, 1.82) is 0 Å². The van der Waals surface area contributed by atoms with Crippen LogP contribution in [0.15, 0.2) is 60.4 Å². The van der Waals surface area contributed by atoms with Crippen molar-refractivity contribution >= 4 is 5.91 Å². The lowest BCUT2D eigenvalue weighted by atomic mass is 9.98. The molecule has 1 aliphatic heterocycles. The predicted molar refractivity (Wildman–Crippen MR) is 101 cm³/mol. The average molecular weight is 335 g/mol. The molecule has 1 heterocycles. The van der Waals surface area contributed by atoms with Gasteiger partial charge in [0.2, 0.25) is 0 Å².